The average molecular weight is 280 g/mol. The lowest BCUT2D eigenvalue weighted by atomic mass is 10.2. The molecule has 0 N–H and O–H groups in total. The van der Waals surface area contributed by atoms with Gasteiger partial charge in [-0.15, -0.1) is 0 Å². The summed E-state index contributed by atoms with van der Waals surface area (Å²) in [5.74, 6) is 0. The van der Waals surface area contributed by atoms with Crippen LogP contribution in [-0.4, -0.2) is 14.5 Å². The second kappa shape index (κ2) is 4.23. The molecule has 0 saturated carbocycles. The first kappa shape index (κ1) is 11.4. The van der Waals surface area contributed by atoms with Crippen LogP contribution in [0.25, 0.3) is 17.0 Å². The smallest absolute Gasteiger partial charge is 0.254 e. The van der Waals surface area contributed by atoms with E-state index in [2.05, 4.69) is 9.97 Å². The predicted molar refractivity (Wildman–Crippen MR) is 70.6 cm³/mol. The summed E-state index contributed by atoms with van der Waals surface area (Å²) in [6, 6.07) is 3.16. The highest BCUT2D eigenvalue weighted by atomic mass is 35.5. The summed E-state index contributed by atoms with van der Waals surface area (Å²) >= 11 is 11.8. The Bertz CT molecular complexity index is 722. The fourth-order valence-corrected chi connectivity index (χ4v) is 1.98. The van der Waals surface area contributed by atoms with E-state index < -0.39 is 0 Å². The first-order chi connectivity index (χ1) is 8.65. The third-order valence-electron chi connectivity index (χ3n) is 2.60. The van der Waals surface area contributed by atoms with Crippen molar-refractivity contribution in [2.75, 3.05) is 0 Å². The van der Waals surface area contributed by atoms with E-state index in [9.17, 15) is 4.79 Å². The molecule has 18 heavy (non-hydrogen) atoms. The van der Waals surface area contributed by atoms with Crippen molar-refractivity contribution in [2.45, 2.75) is 6.42 Å². The van der Waals surface area contributed by atoms with Crippen LogP contribution in [0, 0.1) is 0 Å². The van der Waals surface area contributed by atoms with Gasteiger partial charge in [-0.05, 0) is 17.7 Å². The Morgan fingerprint density at radius 3 is 2.78 bits per heavy atom. The molecule has 0 spiro atoms. The molecule has 0 unspecified atom stereocenters. The second-order valence-electron chi connectivity index (χ2n) is 3.86. The molecule has 1 aliphatic carbocycles. The van der Waals surface area contributed by atoms with Gasteiger partial charge in [0.15, 0.2) is 0 Å². The van der Waals surface area contributed by atoms with Gasteiger partial charge in [0.1, 0.15) is 0 Å². The van der Waals surface area contributed by atoms with Crippen molar-refractivity contribution in [3.8, 4) is 11.3 Å². The van der Waals surface area contributed by atoms with Crippen LogP contribution in [0.1, 0.15) is 6.42 Å². The zero-order valence-corrected chi connectivity index (χ0v) is 10.6. The maximum atomic E-state index is 11.7. The van der Waals surface area contributed by atoms with Crippen molar-refractivity contribution in [1.29, 1.82) is 0 Å². The van der Waals surface area contributed by atoms with Crippen LogP contribution >= 0.6 is 23.2 Å². The first-order valence-corrected chi connectivity index (χ1v) is 6.01. The number of allylic oxidation sites excluding steroid dienone is 2. The van der Waals surface area contributed by atoms with Gasteiger partial charge in [-0.3, -0.25) is 9.36 Å². The van der Waals surface area contributed by atoms with E-state index in [1.54, 1.807) is 16.8 Å². The Kier molecular flexibility index (Phi) is 2.69. The van der Waals surface area contributed by atoms with Gasteiger partial charge in [-0.25, -0.2) is 9.97 Å². The minimum atomic E-state index is -0.0706. The topological polar surface area (TPSA) is 47.8 Å². The number of hydrogen-bond donors (Lipinski definition) is 0. The second-order valence-corrected chi connectivity index (χ2v) is 4.61. The highest BCUT2D eigenvalue weighted by Gasteiger charge is 2.14. The lowest BCUT2D eigenvalue weighted by Crippen LogP contribution is -2.14. The molecule has 6 heteroatoms. The third-order valence-corrected chi connectivity index (χ3v) is 3.05. The van der Waals surface area contributed by atoms with Crippen molar-refractivity contribution >= 4 is 28.9 Å². The Balaban J connectivity index is 2.17. The Labute approximate surface area is 113 Å². The molecule has 2 heterocycles. The molecule has 0 atom stereocenters. The van der Waals surface area contributed by atoms with E-state index in [4.69, 9.17) is 23.2 Å². The molecular formula is C12H7Cl2N3O. The predicted octanol–water partition coefficient (Wildman–Crippen LogP) is 2.86. The summed E-state index contributed by atoms with van der Waals surface area (Å²) in [5.41, 5.74) is 2.17. The Morgan fingerprint density at radius 1 is 1.28 bits per heavy atom. The molecule has 3 rings (SSSR count). The summed E-state index contributed by atoms with van der Waals surface area (Å²) in [7, 11) is 0. The van der Waals surface area contributed by atoms with Gasteiger partial charge in [0.25, 0.3) is 5.56 Å². The fraction of sp³-hybridized carbons (Fsp3) is 0.0833. The van der Waals surface area contributed by atoms with Gasteiger partial charge in [0.2, 0.25) is 5.28 Å². The number of rotatable bonds is 2. The average Bonchev–Trinajstić information content (AvgIpc) is 3.17. The minimum absolute atomic E-state index is 0.0706. The molecule has 0 fully saturated rings. The molecule has 2 aromatic rings. The molecule has 0 aromatic carbocycles. The van der Waals surface area contributed by atoms with E-state index in [1.165, 1.54) is 12.3 Å². The lowest BCUT2D eigenvalue weighted by Gasteiger charge is -2.06. The molecule has 0 radical (unpaired) electrons. The van der Waals surface area contributed by atoms with Crippen molar-refractivity contribution in [1.82, 2.24) is 14.5 Å². The monoisotopic (exact) mass is 279 g/mol. The minimum Gasteiger partial charge on any atom is -0.287 e. The summed E-state index contributed by atoms with van der Waals surface area (Å²) in [6.45, 7) is 0. The quantitative estimate of drug-likeness (QED) is 0.795. The van der Waals surface area contributed by atoms with Gasteiger partial charge in [0.05, 0.1) is 16.9 Å². The number of nitrogens with zero attached hydrogens (tertiary/aromatic N) is 3. The van der Waals surface area contributed by atoms with Crippen molar-refractivity contribution in [2.24, 2.45) is 0 Å². The zero-order valence-electron chi connectivity index (χ0n) is 9.10. The van der Waals surface area contributed by atoms with Crippen molar-refractivity contribution in [3.05, 3.63) is 51.3 Å². The van der Waals surface area contributed by atoms with Gasteiger partial charge >= 0.3 is 0 Å². The maximum Gasteiger partial charge on any atom is 0.254 e. The van der Waals surface area contributed by atoms with E-state index in [0.717, 1.165) is 17.7 Å². The van der Waals surface area contributed by atoms with Crippen LogP contribution in [0.5, 0.6) is 0 Å². The summed E-state index contributed by atoms with van der Waals surface area (Å²) < 4.78 is 1.58. The van der Waals surface area contributed by atoms with Gasteiger partial charge in [-0.2, -0.15) is 0 Å². The lowest BCUT2D eigenvalue weighted by molar-refractivity contribution is 1.03. The van der Waals surface area contributed by atoms with Crippen LogP contribution in [0.4, 0.5) is 0 Å². The van der Waals surface area contributed by atoms with E-state index in [-0.39, 0.29) is 10.8 Å². The first-order valence-electron chi connectivity index (χ1n) is 5.26. The number of aromatic nitrogens is 3. The number of hydrogen-bond acceptors (Lipinski definition) is 3. The molecule has 0 amide bonds. The molecule has 0 aliphatic heterocycles. The van der Waals surface area contributed by atoms with Crippen molar-refractivity contribution in [3.63, 3.8) is 0 Å². The third kappa shape index (κ3) is 2.05. The normalized spacial score (nSPS) is 13.3. The van der Waals surface area contributed by atoms with E-state index in [1.807, 2.05) is 6.08 Å². The maximum absolute atomic E-state index is 11.7. The SMILES string of the molecule is O=c1ccc(-c2nc(Cl)ncc2Cl)cn1C1=CC1. The molecule has 4 nitrogen and oxygen atoms in total. The Hall–Kier alpha value is -1.65. The van der Waals surface area contributed by atoms with Crippen LogP contribution in [-0.2, 0) is 0 Å². The molecule has 1 aliphatic rings. The van der Waals surface area contributed by atoms with Crippen LogP contribution < -0.4 is 5.56 Å². The van der Waals surface area contributed by atoms with Gasteiger partial charge in [0, 0.05) is 29.9 Å². The summed E-state index contributed by atoms with van der Waals surface area (Å²) in [6.07, 6.45) is 5.96. The highest BCUT2D eigenvalue weighted by molar-refractivity contribution is 6.33. The molecular weight excluding hydrogens is 273 g/mol. The van der Waals surface area contributed by atoms with Crippen LogP contribution in [0.2, 0.25) is 10.3 Å². The Morgan fingerprint density at radius 2 is 2.06 bits per heavy atom. The van der Waals surface area contributed by atoms with Crippen LogP contribution in [0.3, 0.4) is 0 Å². The number of halogens is 2. The molecule has 2 aromatic heterocycles. The largest absolute Gasteiger partial charge is 0.287 e. The highest BCUT2D eigenvalue weighted by Crippen LogP contribution is 2.28. The van der Waals surface area contributed by atoms with E-state index >= 15 is 0 Å². The summed E-state index contributed by atoms with van der Waals surface area (Å²) in [4.78, 5) is 19.5. The molecule has 0 saturated heterocycles. The molecule has 0 bridgehead atoms. The van der Waals surface area contributed by atoms with Crippen molar-refractivity contribution < 1.29 is 0 Å². The molecule has 90 valence electrons. The van der Waals surface area contributed by atoms with Gasteiger partial charge < -0.3 is 0 Å². The van der Waals surface area contributed by atoms with E-state index in [0.29, 0.717) is 10.7 Å². The number of pyridine rings is 1. The fourth-order valence-electron chi connectivity index (χ4n) is 1.64. The standard InChI is InChI=1S/C12H7Cl2N3O/c13-9-5-15-12(14)16-11(9)7-1-4-10(18)17(6-7)8-2-3-8/h1-2,4-6H,3H2. The zero-order chi connectivity index (χ0) is 12.7. The van der Waals surface area contributed by atoms with Gasteiger partial charge in [-0.1, -0.05) is 17.7 Å². The van der Waals surface area contributed by atoms with Crippen LogP contribution in [0.15, 0.2) is 35.4 Å². The summed E-state index contributed by atoms with van der Waals surface area (Å²) in [5, 5.41) is 0.521.